The van der Waals surface area contributed by atoms with E-state index in [1.807, 2.05) is 24.3 Å². The van der Waals surface area contributed by atoms with E-state index in [1.54, 1.807) is 4.57 Å². The largest absolute Gasteiger partial charge is 0.342 e. The van der Waals surface area contributed by atoms with Crippen LogP contribution in [0.25, 0.3) is 11.0 Å². The van der Waals surface area contributed by atoms with E-state index in [1.165, 1.54) is 6.42 Å². The highest BCUT2D eigenvalue weighted by Gasteiger charge is 2.24. The Morgan fingerprint density at radius 1 is 1.45 bits per heavy atom. The molecule has 0 saturated carbocycles. The lowest BCUT2D eigenvalue weighted by Crippen LogP contribution is -2.37. The Morgan fingerprint density at radius 3 is 3.00 bits per heavy atom. The molecule has 106 valence electrons. The maximum absolute atomic E-state index is 12.2. The van der Waals surface area contributed by atoms with Crippen molar-refractivity contribution in [2.75, 3.05) is 23.9 Å². The highest BCUT2D eigenvalue weighted by molar-refractivity contribution is 6.28. The Morgan fingerprint density at radius 2 is 2.25 bits per heavy atom. The number of hydrogen-bond acceptors (Lipinski definition) is 3. The molecule has 0 radical (unpaired) electrons. The molecule has 20 heavy (non-hydrogen) atoms. The van der Waals surface area contributed by atoms with E-state index in [9.17, 15) is 4.79 Å². The number of alkyl halides is 1. The van der Waals surface area contributed by atoms with E-state index >= 15 is 0 Å². The molecule has 1 aromatic heterocycles. The fourth-order valence-electron chi connectivity index (χ4n) is 2.90. The fraction of sp³-hybridized carbons (Fsp3) is 0.467. The summed E-state index contributed by atoms with van der Waals surface area (Å²) in [5.41, 5.74) is 1.69. The molecule has 0 spiro atoms. The summed E-state index contributed by atoms with van der Waals surface area (Å²) in [7, 11) is 0. The molecular formula is C15H18ClN3O. The van der Waals surface area contributed by atoms with Gasteiger partial charge < -0.3 is 4.90 Å². The molecule has 2 aromatic rings. The van der Waals surface area contributed by atoms with Gasteiger partial charge in [0.15, 0.2) is 0 Å². The van der Waals surface area contributed by atoms with Crippen molar-refractivity contribution in [3.63, 3.8) is 0 Å². The van der Waals surface area contributed by atoms with E-state index in [2.05, 4.69) is 16.8 Å². The van der Waals surface area contributed by atoms with Gasteiger partial charge in [0, 0.05) is 13.1 Å². The number of hydrogen-bond donors (Lipinski definition) is 0. The lowest BCUT2D eigenvalue weighted by Gasteiger charge is -2.31. The average Bonchev–Trinajstić information content (AvgIpc) is 2.86. The lowest BCUT2D eigenvalue weighted by molar-refractivity contribution is 0.0945. The first-order valence-corrected chi connectivity index (χ1v) is 7.55. The molecule has 1 aliphatic heterocycles. The number of benzene rings is 1. The Bertz CT molecular complexity index is 637. The Balaban J connectivity index is 2.11. The van der Waals surface area contributed by atoms with Gasteiger partial charge in [-0.05, 0) is 30.9 Å². The number of imidazole rings is 1. The smallest absolute Gasteiger partial charge is 0.248 e. The minimum Gasteiger partial charge on any atom is -0.342 e. The number of nitrogens with zero attached hydrogens (tertiary/aromatic N) is 3. The van der Waals surface area contributed by atoms with Crippen molar-refractivity contribution >= 4 is 34.5 Å². The SMILES string of the molecule is CC1CCCN(c2nc3ccccc3n2C(=O)CCl)C1. The van der Waals surface area contributed by atoms with Crippen molar-refractivity contribution in [3.05, 3.63) is 24.3 Å². The van der Waals surface area contributed by atoms with Gasteiger partial charge in [-0.15, -0.1) is 11.6 Å². The van der Waals surface area contributed by atoms with Crippen LogP contribution in [0.5, 0.6) is 0 Å². The maximum atomic E-state index is 12.2. The quantitative estimate of drug-likeness (QED) is 0.798. The summed E-state index contributed by atoms with van der Waals surface area (Å²) < 4.78 is 1.67. The lowest BCUT2D eigenvalue weighted by atomic mass is 10.0. The summed E-state index contributed by atoms with van der Waals surface area (Å²) >= 11 is 5.77. The van der Waals surface area contributed by atoms with E-state index < -0.39 is 0 Å². The predicted octanol–water partition coefficient (Wildman–Crippen LogP) is 3.15. The fourth-order valence-corrected chi connectivity index (χ4v) is 3.02. The van der Waals surface area contributed by atoms with Crippen LogP contribution < -0.4 is 4.90 Å². The second kappa shape index (κ2) is 5.44. The van der Waals surface area contributed by atoms with Gasteiger partial charge in [0.2, 0.25) is 11.9 Å². The molecule has 1 saturated heterocycles. The minimum absolute atomic E-state index is 0.0310. The van der Waals surface area contributed by atoms with Crippen LogP contribution in [-0.2, 0) is 0 Å². The summed E-state index contributed by atoms with van der Waals surface area (Å²) in [6.45, 7) is 4.13. The summed E-state index contributed by atoms with van der Waals surface area (Å²) in [5, 5.41) is 0. The highest BCUT2D eigenvalue weighted by Crippen LogP contribution is 2.26. The normalized spacial score (nSPS) is 19.5. The van der Waals surface area contributed by atoms with Gasteiger partial charge >= 0.3 is 0 Å². The van der Waals surface area contributed by atoms with Crippen LogP contribution >= 0.6 is 11.6 Å². The van der Waals surface area contributed by atoms with Gasteiger partial charge in [0.1, 0.15) is 5.88 Å². The van der Waals surface area contributed by atoms with E-state index in [0.717, 1.165) is 36.5 Å². The molecule has 5 heteroatoms. The predicted molar refractivity (Wildman–Crippen MR) is 81.7 cm³/mol. The molecule has 1 aromatic carbocycles. The Kier molecular flexibility index (Phi) is 3.66. The zero-order chi connectivity index (χ0) is 14.1. The molecule has 1 unspecified atom stereocenters. The van der Waals surface area contributed by atoms with Gasteiger partial charge in [0.25, 0.3) is 0 Å². The number of rotatable bonds is 2. The number of anilines is 1. The first-order chi connectivity index (χ1) is 9.70. The highest BCUT2D eigenvalue weighted by atomic mass is 35.5. The average molecular weight is 292 g/mol. The third-order valence-electron chi connectivity index (χ3n) is 3.85. The zero-order valence-electron chi connectivity index (χ0n) is 11.6. The number of aromatic nitrogens is 2. The Labute approximate surface area is 123 Å². The van der Waals surface area contributed by atoms with Gasteiger partial charge in [0.05, 0.1) is 11.0 Å². The van der Waals surface area contributed by atoms with Gasteiger partial charge in [-0.1, -0.05) is 19.1 Å². The van der Waals surface area contributed by atoms with Crippen molar-refractivity contribution in [1.82, 2.24) is 9.55 Å². The molecule has 1 fully saturated rings. The second-order valence-corrected chi connectivity index (χ2v) is 5.72. The summed E-state index contributed by atoms with van der Waals surface area (Å²) in [6.07, 6.45) is 2.37. The molecule has 4 nitrogen and oxygen atoms in total. The monoisotopic (exact) mass is 291 g/mol. The summed E-state index contributed by atoms with van der Waals surface area (Å²) in [5.74, 6) is 1.22. The first-order valence-electron chi connectivity index (χ1n) is 7.02. The van der Waals surface area contributed by atoms with Crippen molar-refractivity contribution in [1.29, 1.82) is 0 Å². The van der Waals surface area contributed by atoms with Crippen LogP contribution in [0.2, 0.25) is 0 Å². The standard InChI is InChI=1S/C15H18ClN3O/c1-11-5-4-8-18(10-11)15-17-12-6-2-3-7-13(12)19(15)14(20)9-16/h2-3,6-7,11H,4-5,8-10H2,1H3. The maximum Gasteiger partial charge on any atom is 0.248 e. The zero-order valence-corrected chi connectivity index (χ0v) is 12.3. The molecule has 0 amide bonds. The van der Waals surface area contributed by atoms with Gasteiger partial charge in [-0.25, -0.2) is 9.55 Å². The number of para-hydroxylation sites is 2. The van der Waals surface area contributed by atoms with Crippen molar-refractivity contribution in [3.8, 4) is 0 Å². The van der Waals surface area contributed by atoms with Crippen LogP contribution in [0.15, 0.2) is 24.3 Å². The molecule has 0 bridgehead atoms. The van der Waals surface area contributed by atoms with E-state index in [-0.39, 0.29) is 11.8 Å². The Hall–Kier alpha value is -1.55. The van der Waals surface area contributed by atoms with Gasteiger partial charge in [-0.3, -0.25) is 4.79 Å². The first kappa shape index (κ1) is 13.4. The summed E-state index contributed by atoms with van der Waals surface area (Å²) in [4.78, 5) is 19.1. The molecule has 2 heterocycles. The molecule has 1 atom stereocenters. The van der Waals surface area contributed by atoms with Crippen LogP contribution in [0.1, 0.15) is 24.6 Å². The van der Waals surface area contributed by atoms with Crippen molar-refractivity contribution < 1.29 is 4.79 Å². The van der Waals surface area contributed by atoms with Crippen molar-refractivity contribution in [2.24, 2.45) is 5.92 Å². The third-order valence-corrected chi connectivity index (χ3v) is 4.08. The minimum atomic E-state index is -0.117. The molecule has 3 rings (SSSR count). The van der Waals surface area contributed by atoms with Crippen LogP contribution in [0.4, 0.5) is 5.95 Å². The van der Waals surface area contributed by atoms with Crippen LogP contribution in [-0.4, -0.2) is 34.4 Å². The topological polar surface area (TPSA) is 38.1 Å². The van der Waals surface area contributed by atoms with E-state index in [0.29, 0.717) is 5.92 Å². The van der Waals surface area contributed by atoms with Crippen LogP contribution in [0, 0.1) is 5.92 Å². The number of fused-ring (bicyclic) bond motifs is 1. The molecular weight excluding hydrogens is 274 g/mol. The molecule has 0 N–H and O–H groups in total. The third kappa shape index (κ3) is 2.29. The number of carbonyl (C=O) groups is 1. The van der Waals surface area contributed by atoms with E-state index in [4.69, 9.17) is 11.6 Å². The number of carbonyl (C=O) groups excluding carboxylic acids is 1. The van der Waals surface area contributed by atoms with Crippen LogP contribution in [0.3, 0.4) is 0 Å². The number of piperidine rings is 1. The van der Waals surface area contributed by atoms with Crippen molar-refractivity contribution in [2.45, 2.75) is 19.8 Å². The number of halogens is 1. The molecule has 0 aliphatic carbocycles. The molecule has 1 aliphatic rings. The summed E-state index contributed by atoms with van der Waals surface area (Å²) in [6, 6.07) is 7.71. The second-order valence-electron chi connectivity index (χ2n) is 5.46. The van der Waals surface area contributed by atoms with Gasteiger partial charge in [-0.2, -0.15) is 0 Å².